The lowest BCUT2D eigenvalue weighted by Gasteiger charge is -2.23. The van der Waals surface area contributed by atoms with Gasteiger partial charge in [0.05, 0.1) is 13.1 Å². The van der Waals surface area contributed by atoms with Gasteiger partial charge in [-0.15, -0.1) is 0 Å². The Morgan fingerprint density at radius 2 is 2.29 bits per heavy atom. The van der Waals surface area contributed by atoms with Crippen molar-refractivity contribution in [2.75, 3.05) is 33.2 Å². The van der Waals surface area contributed by atoms with Gasteiger partial charge >= 0.3 is 0 Å². The Morgan fingerprint density at radius 1 is 1.71 bits per heavy atom. The fourth-order valence-electron chi connectivity index (χ4n) is 1.06. The van der Waals surface area contributed by atoms with Crippen LogP contribution in [0.2, 0.25) is 0 Å². The first-order chi connectivity index (χ1) is 6.52. The predicted octanol–water partition coefficient (Wildman–Crippen LogP) is -1.50. The second kappa shape index (κ2) is 6.64. The van der Waals surface area contributed by atoms with Crippen LogP contribution in [0.25, 0.3) is 0 Å². The maximum Gasteiger partial charge on any atom is 0.189 e. The van der Waals surface area contributed by atoms with Gasteiger partial charge in [0.15, 0.2) is 18.6 Å². The third-order valence-corrected chi connectivity index (χ3v) is 2.01. The molecule has 5 nitrogen and oxygen atoms in total. The zero-order valence-electron chi connectivity index (χ0n) is 8.94. The van der Waals surface area contributed by atoms with E-state index in [9.17, 15) is 9.90 Å². The minimum atomic E-state index is -1.08. The molecular formula is C9H20N3O2+. The Kier molecular flexibility index (Phi) is 6.27. The lowest BCUT2D eigenvalue weighted by atomic mass is 10.3. The van der Waals surface area contributed by atoms with Crippen LogP contribution in [0.15, 0.2) is 0 Å². The molecular weight excluding hydrogens is 182 g/mol. The highest BCUT2D eigenvalue weighted by Crippen LogP contribution is 1.96. The number of nitrogens with zero attached hydrogens (tertiary/aromatic N) is 2. The monoisotopic (exact) mass is 202 g/mol. The SMILES string of the molecule is C=[N+](C)CCN(CC)C(O)C(=O)CN. The molecule has 0 radical (unpaired) electrons. The van der Waals surface area contributed by atoms with Gasteiger partial charge < -0.3 is 10.8 Å². The highest BCUT2D eigenvalue weighted by molar-refractivity contribution is 5.84. The summed E-state index contributed by atoms with van der Waals surface area (Å²) in [4.78, 5) is 12.8. The molecule has 1 atom stereocenters. The highest BCUT2D eigenvalue weighted by Gasteiger charge is 2.20. The number of aliphatic hydroxyl groups excluding tert-OH is 1. The Balaban J connectivity index is 4.11. The van der Waals surface area contributed by atoms with Gasteiger partial charge in [-0.2, -0.15) is 0 Å². The van der Waals surface area contributed by atoms with Crippen LogP contribution < -0.4 is 5.73 Å². The Labute approximate surface area is 84.8 Å². The van der Waals surface area contributed by atoms with Crippen molar-refractivity contribution in [2.45, 2.75) is 13.2 Å². The van der Waals surface area contributed by atoms with E-state index in [2.05, 4.69) is 6.72 Å². The highest BCUT2D eigenvalue weighted by atomic mass is 16.3. The molecule has 0 bridgehead atoms. The first-order valence-electron chi connectivity index (χ1n) is 4.69. The summed E-state index contributed by atoms with van der Waals surface area (Å²) >= 11 is 0. The Morgan fingerprint density at radius 3 is 2.64 bits per heavy atom. The number of carbonyl (C=O) groups is 1. The molecule has 0 aromatic rings. The smallest absolute Gasteiger partial charge is 0.189 e. The minimum absolute atomic E-state index is 0.127. The third-order valence-electron chi connectivity index (χ3n) is 2.01. The number of Topliss-reactive ketones (excluding diaryl/α,β-unsaturated/α-hetero) is 1. The van der Waals surface area contributed by atoms with Crippen molar-refractivity contribution >= 4 is 12.5 Å². The predicted molar refractivity (Wildman–Crippen MR) is 55.5 cm³/mol. The fraction of sp³-hybridized carbons (Fsp3) is 0.778. The quantitative estimate of drug-likeness (QED) is 0.299. The van der Waals surface area contributed by atoms with Crippen LogP contribution in [0, 0.1) is 0 Å². The molecule has 0 fully saturated rings. The first kappa shape index (κ1) is 13.2. The second-order valence-electron chi connectivity index (χ2n) is 3.25. The van der Waals surface area contributed by atoms with E-state index >= 15 is 0 Å². The normalized spacial score (nSPS) is 12.9. The summed E-state index contributed by atoms with van der Waals surface area (Å²) in [5.41, 5.74) is 5.16. The van der Waals surface area contributed by atoms with Crippen molar-refractivity contribution in [2.24, 2.45) is 5.73 Å². The lowest BCUT2D eigenvalue weighted by molar-refractivity contribution is -0.489. The van der Waals surface area contributed by atoms with Crippen molar-refractivity contribution in [3.05, 3.63) is 0 Å². The van der Waals surface area contributed by atoms with E-state index in [0.29, 0.717) is 19.6 Å². The molecule has 0 aliphatic heterocycles. The van der Waals surface area contributed by atoms with Crippen LogP contribution in [0.1, 0.15) is 6.92 Å². The number of hydrogen-bond acceptors (Lipinski definition) is 4. The second-order valence-corrected chi connectivity index (χ2v) is 3.25. The molecule has 0 saturated carbocycles. The summed E-state index contributed by atoms with van der Waals surface area (Å²) in [7, 11) is 1.84. The van der Waals surface area contributed by atoms with E-state index in [1.165, 1.54) is 0 Å². The molecule has 0 spiro atoms. The van der Waals surface area contributed by atoms with Crippen LogP contribution in [-0.2, 0) is 4.79 Å². The van der Waals surface area contributed by atoms with Crippen molar-refractivity contribution in [1.29, 1.82) is 0 Å². The van der Waals surface area contributed by atoms with Crippen molar-refractivity contribution in [3.8, 4) is 0 Å². The van der Waals surface area contributed by atoms with Gasteiger partial charge in [-0.1, -0.05) is 6.92 Å². The molecule has 82 valence electrons. The van der Waals surface area contributed by atoms with Gasteiger partial charge in [0.25, 0.3) is 0 Å². The summed E-state index contributed by atoms with van der Waals surface area (Å²) < 4.78 is 1.75. The molecule has 0 aromatic carbocycles. The third kappa shape index (κ3) is 4.45. The Hall–Kier alpha value is -0.780. The Bertz CT molecular complexity index is 206. The number of likely N-dealkylation sites (N-methyl/N-ethyl adjacent to an activating group) is 2. The van der Waals surface area contributed by atoms with Gasteiger partial charge in [0.2, 0.25) is 0 Å². The maximum absolute atomic E-state index is 11.1. The van der Waals surface area contributed by atoms with Crippen LogP contribution in [0.3, 0.4) is 0 Å². The van der Waals surface area contributed by atoms with E-state index in [1.807, 2.05) is 14.0 Å². The van der Waals surface area contributed by atoms with Gasteiger partial charge in [-0.05, 0) is 6.54 Å². The molecule has 0 saturated heterocycles. The molecule has 1 unspecified atom stereocenters. The molecule has 0 aliphatic carbocycles. The molecule has 0 aliphatic rings. The summed E-state index contributed by atoms with van der Waals surface area (Å²) in [5, 5.41) is 9.55. The number of rotatable bonds is 7. The summed E-state index contributed by atoms with van der Waals surface area (Å²) in [6.45, 7) is 7.35. The first-order valence-corrected chi connectivity index (χ1v) is 4.69. The van der Waals surface area contributed by atoms with E-state index in [4.69, 9.17) is 5.73 Å². The zero-order chi connectivity index (χ0) is 11.1. The van der Waals surface area contributed by atoms with Gasteiger partial charge in [0, 0.05) is 0 Å². The van der Waals surface area contributed by atoms with E-state index < -0.39 is 6.23 Å². The van der Waals surface area contributed by atoms with Crippen molar-refractivity contribution < 1.29 is 14.5 Å². The lowest BCUT2D eigenvalue weighted by Crippen LogP contribution is -2.45. The number of ketones is 1. The summed E-state index contributed by atoms with van der Waals surface area (Å²) in [6, 6.07) is 0. The van der Waals surface area contributed by atoms with Crippen LogP contribution in [0.5, 0.6) is 0 Å². The van der Waals surface area contributed by atoms with Gasteiger partial charge in [-0.25, -0.2) is 4.58 Å². The molecule has 0 aromatic heterocycles. The van der Waals surface area contributed by atoms with E-state index in [0.717, 1.165) is 0 Å². The van der Waals surface area contributed by atoms with Crippen LogP contribution >= 0.6 is 0 Å². The number of carbonyl (C=O) groups excluding carboxylic acids is 1. The van der Waals surface area contributed by atoms with Crippen LogP contribution in [0.4, 0.5) is 0 Å². The average molecular weight is 202 g/mol. The molecule has 14 heavy (non-hydrogen) atoms. The summed E-state index contributed by atoms with van der Waals surface area (Å²) in [5.74, 6) is -0.349. The number of hydrogen-bond donors (Lipinski definition) is 2. The molecule has 3 N–H and O–H groups in total. The standard InChI is InChI=1S/C9H20N3O2/c1-4-12(6-5-11(2)3)9(14)8(13)7-10/h9,14H,2,4-7,10H2,1,3H3/q+1. The number of nitrogens with two attached hydrogens (primary N) is 1. The fourth-order valence-corrected chi connectivity index (χ4v) is 1.06. The zero-order valence-corrected chi connectivity index (χ0v) is 8.94. The minimum Gasteiger partial charge on any atom is -0.371 e. The van der Waals surface area contributed by atoms with Crippen LogP contribution in [-0.4, -0.2) is 66.5 Å². The number of aliphatic hydroxyl groups is 1. The van der Waals surface area contributed by atoms with Gasteiger partial charge in [-0.3, -0.25) is 9.69 Å². The average Bonchev–Trinajstić information content (AvgIpc) is 2.16. The van der Waals surface area contributed by atoms with Gasteiger partial charge in [0.1, 0.15) is 13.8 Å². The summed E-state index contributed by atoms with van der Waals surface area (Å²) in [6.07, 6.45) is -1.08. The molecule has 0 heterocycles. The van der Waals surface area contributed by atoms with Crippen molar-refractivity contribution in [1.82, 2.24) is 4.90 Å². The van der Waals surface area contributed by atoms with E-state index in [1.54, 1.807) is 9.48 Å². The van der Waals surface area contributed by atoms with E-state index in [-0.39, 0.29) is 12.3 Å². The van der Waals surface area contributed by atoms with Crippen molar-refractivity contribution in [3.63, 3.8) is 0 Å². The topological polar surface area (TPSA) is 69.6 Å². The maximum atomic E-state index is 11.1. The largest absolute Gasteiger partial charge is 0.371 e. The molecule has 0 amide bonds. The molecule has 5 heteroatoms. The molecule has 0 rings (SSSR count).